The fourth-order valence-corrected chi connectivity index (χ4v) is 2.95. The average molecular weight is 298 g/mol. The van der Waals surface area contributed by atoms with Gasteiger partial charge in [0.05, 0.1) is 12.6 Å². The summed E-state index contributed by atoms with van der Waals surface area (Å²) < 4.78 is 25.1. The van der Waals surface area contributed by atoms with E-state index in [0.717, 1.165) is 25.1 Å². The van der Waals surface area contributed by atoms with E-state index in [-0.39, 0.29) is 12.6 Å². The highest BCUT2D eigenvalue weighted by molar-refractivity contribution is 5.17. The Bertz CT molecular complexity index is 416. The average Bonchev–Trinajstić information content (AvgIpc) is 2.49. The topological polar surface area (TPSA) is 26.7 Å². The third-order valence-corrected chi connectivity index (χ3v) is 4.15. The Morgan fingerprint density at radius 1 is 1.19 bits per heavy atom. The van der Waals surface area contributed by atoms with Gasteiger partial charge in [-0.2, -0.15) is 0 Å². The fourth-order valence-electron chi connectivity index (χ4n) is 2.95. The largest absolute Gasteiger partial charge is 0.387 e. The van der Waals surface area contributed by atoms with Crippen molar-refractivity contribution in [1.29, 1.82) is 0 Å². The number of hydrogen-bond donors (Lipinski definition) is 1. The molecule has 1 fully saturated rings. The monoisotopic (exact) mass is 298 g/mol. The lowest BCUT2D eigenvalue weighted by molar-refractivity contribution is 0.00486. The predicted octanol–water partition coefficient (Wildman–Crippen LogP) is 2.38. The summed E-state index contributed by atoms with van der Waals surface area (Å²) in [4.78, 5) is 4.05. The third-order valence-electron chi connectivity index (χ3n) is 4.15. The van der Waals surface area contributed by atoms with Gasteiger partial charge < -0.3 is 5.11 Å². The van der Waals surface area contributed by atoms with Crippen molar-refractivity contribution in [3.63, 3.8) is 0 Å². The van der Waals surface area contributed by atoms with Crippen LogP contribution in [0.15, 0.2) is 30.3 Å². The van der Waals surface area contributed by atoms with Gasteiger partial charge in [-0.1, -0.05) is 37.3 Å². The first-order valence-electron chi connectivity index (χ1n) is 7.57. The predicted molar refractivity (Wildman–Crippen MR) is 79.5 cm³/mol. The molecule has 2 rings (SSSR count). The highest BCUT2D eigenvalue weighted by Crippen LogP contribution is 2.19. The van der Waals surface area contributed by atoms with E-state index in [1.54, 1.807) is 0 Å². The molecule has 0 spiro atoms. The van der Waals surface area contributed by atoms with Crippen LogP contribution in [0.3, 0.4) is 0 Å². The zero-order chi connectivity index (χ0) is 15.2. The number of nitrogens with zero attached hydrogens (tertiary/aromatic N) is 2. The summed E-state index contributed by atoms with van der Waals surface area (Å²) in [5.74, 6) is 0. The number of hydrogen-bond acceptors (Lipinski definition) is 3. The van der Waals surface area contributed by atoms with Gasteiger partial charge in [-0.3, -0.25) is 9.80 Å². The van der Waals surface area contributed by atoms with Crippen molar-refractivity contribution in [2.45, 2.75) is 31.9 Å². The minimum atomic E-state index is -2.28. The first-order chi connectivity index (χ1) is 10.1. The Hall–Kier alpha value is -1.04. The second-order valence-electron chi connectivity index (χ2n) is 5.63. The van der Waals surface area contributed by atoms with Crippen molar-refractivity contribution in [2.75, 3.05) is 32.7 Å². The normalized spacial score (nSPS) is 22.6. The Morgan fingerprint density at radius 2 is 1.90 bits per heavy atom. The van der Waals surface area contributed by atoms with Crippen molar-refractivity contribution in [1.82, 2.24) is 9.80 Å². The van der Waals surface area contributed by atoms with Crippen molar-refractivity contribution in [3.05, 3.63) is 35.9 Å². The van der Waals surface area contributed by atoms with Crippen LogP contribution in [0.5, 0.6) is 0 Å². The van der Waals surface area contributed by atoms with Gasteiger partial charge in [-0.25, -0.2) is 8.78 Å². The molecule has 0 radical (unpaired) electrons. The molecule has 0 aliphatic carbocycles. The van der Waals surface area contributed by atoms with E-state index in [4.69, 9.17) is 0 Å². The van der Waals surface area contributed by atoms with Crippen LogP contribution in [0.4, 0.5) is 8.78 Å². The molecule has 1 N–H and O–H groups in total. The van der Waals surface area contributed by atoms with Gasteiger partial charge >= 0.3 is 0 Å². The minimum absolute atomic E-state index is 0.145. The van der Waals surface area contributed by atoms with Gasteiger partial charge in [0.2, 0.25) is 0 Å². The van der Waals surface area contributed by atoms with Gasteiger partial charge in [-0.15, -0.1) is 0 Å². The zero-order valence-electron chi connectivity index (χ0n) is 12.5. The smallest absolute Gasteiger partial charge is 0.251 e. The molecular formula is C16H24F2N2O. The molecule has 0 aromatic heterocycles. The van der Waals surface area contributed by atoms with Crippen LogP contribution in [0.1, 0.15) is 25.0 Å². The fraction of sp³-hybridized carbons (Fsp3) is 0.625. The molecule has 1 aliphatic heterocycles. The van der Waals surface area contributed by atoms with Crippen LogP contribution in [-0.4, -0.2) is 60.1 Å². The van der Waals surface area contributed by atoms with Crippen molar-refractivity contribution in [2.24, 2.45) is 0 Å². The minimum Gasteiger partial charge on any atom is -0.387 e. The Labute approximate surface area is 125 Å². The van der Waals surface area contributed by atoms with E-state index in [9.17, 15) is 13.9 Å². The summed E-state index contributed by atoms with van der Waals surface area (Å²) in [5.41, 5.74) is 0.903. The zero-order valence-corrected chi connectivity index (χ0v) is 12.5. The number of aliphatic hydroxyl groups excluding tert-OH is 1. The molecule has 0 bridgehead atoms. The van der Waals surface area contributed by atoms with Gasteiger partial charge in [0, 0.05) is 32.2 Å². The van der Waals surface area contributed by atoms with E-state index in [0.29, 0.717) is 13.1 Å². The van der Waals surface area contributed by atoms with Crippen molar-refractivity contribution < 1.29 is 13.9 Å². The summed E-state index contributed by atoms with van der Waals surface area (Å²) in [6.07, 6.45) is -1.95. The van der Waals surface area contributed by atoms with Crippen LogP contribution in [0.2, 0.25) is 0 Å². The van der Waals surface area contributed by atoms with Crippen molar-refractivity contribution in [3.8, 4) is 0 Å². The van der Waals surface area contributed by atoms with E-state index in [1.807, 2.05) is 42.2 Å². The van der Waals surface area contributed by atoms with Gasteiger partial charge in [0.1, 0.15) is 0 Å². The lowest BCUT2D eigenvalue weighted by atomic mass is 10.1. The molecule has 2 unspecified atom stereocenters. The molecule has 1 aromatic carbocycles. The number of piperazine rings is 1. The molecule has 1 aromatic rings. The van der Waals surface area contributed by atoms with E-state index in [1.165, 1.54) is 0 Å². The van der Waals surface area contributed by atoms with E-state index >= 15 is 0 Å². The number of β-amino-alcohol motifs (C(OH)–C–C–N with tert-alkyl or cyclic N) is 1. The Balaban J connectivity index is 1.88. The number of aliphatic hydroxyl groups is 1. The highest BCUT2D eigenvalue weighted by Gasteiger charge is 2.28. The SMILES string of the molecule is CCC1CN(CC(O)c2ccccc2)CCN1CC(F)F. The first kappa shape index (κ1) is 16.3. The van der Waals surface area contributed by atoms with Gasteiger partial charge in [0.15, 0.2) is 0 Å². The van der Waals surface area contributed by atoms with E-state index in [2.05, 4.69) is 4.90 Å². The summed E-state index contributed by atoms with van der Waals surface area (Å²) in [6, 6.07) is 9.72. The Morgan fingerprint density at radius 3 is 2.52 bits per heavy atom. The molecule has 5 heteroatoms. The quantitative estimate of drug-likeness (QED) is 0.873. The van der Waals surface area contributed by atoms with Gasteiger partial charge in [0.25, 0.3) is 6.43 Å². The maximum Gasteiger partial charge on any atom is 0.251 e. The first-order valence-corrected chi connectivity index (χ1v) is 7.57. The van der Waals surface area contributed by atoms with Crippen molar-refractivity contribution >= 4 is 0 Å². The molecule has 1 aliphatic rings. The Kier molecular flexibility index (Phi) is 6.08. The number of benzene rings is 1. The van der Waals surface area contributed by atoms with Crippen LogP contribution in [0.25, 0.3) is 0 Å². The lowest BCUT2D eigenvalue weighted by Crippen LogP contribution is -2.54. The molecule has 1 saturated heterocycles. The standard InChI is InChI=1S/C16H24F2N2O/c1-2-14-10-19(8-9-20(14)12-16(17)18)11-15(21)13-6-4-3-5-7-13/h3-7,14-16,21H,2,8-12H2,1H3. The molecular weight excluding hydrogens is 274 g/mol. The number of halogens is 2. The summed E-state index contributed by atoms with van der Waals surface area (Å²) in [6.45, 7) is 4.56. The van der Waals surface area contributed by atoms with Gasteiger partial charge in [-0.05, 0) is 12.0 Å². The molecule has 1 heterocycles. The highest BCUT2D eigenvalue weighted by atomic mass is 19.3. The second kappa shape index (κ2) is 7.82. The van der Waals surface area contributed by atoms with Crippen LogP contribution in [0, 0.1) is 0 Å². The maximum atomic E-state index is 12.6. The summed E-state index contributed by atoms with van der Waals surface area (Å²) >= 11 is 0. The number of rotatable bonds is 6. The number of alkyl halides is 2. The van der Waals surface area contributed by atoms with Crippen LogP contribution >= 0.6 is 0 Å². The molecule has 0 amide bonds. The lowest BCUT2D eigenvalue weighted by Gasteiger charge is -2.41. The van der Waals surface area contributed by atoms with Crippen LogP contribution in [-0.2, 0) is 0 Å². The second-order valence-corrected chi connectivity index (χ2v) is 5.63. The summed E-state index contributed by atoms with van der Waals surface area (Å²) in [7, 11) is 0. The molecule has 2 atom stereocenters. The summed E-state index contributed by atoms with van der Waals surface area (Å²) in [5, 5.41) is 10.3. The van der Waals surface area contributed by atoms with Crippen LogP contribution < -0.4 is 0 Å². The molecule has 3 nitrogen and oxygen atoms in total. The maximum absolute atomic E-state index is 12.6. The molecule has 118 valence electrons. The molecule has 0 saturated carbocycles. The van der Waals surface area contributed by atoms with E-state index < -0.39 is 12.5 Å². The molecule has 21 heavy (non-hydrogen) atoms. The third kappa shape index (κ3) is 4.73.